The maximum absolute atomic E-state index is 11.7. The Morgan fingerprint density at radius 1 is 1.23 bits per heavy atom. The van der Waals surface area contributed by atoms with Crippen molar-refractivity contribution in [3.8, 4) is 22.7 Å². The summed E-state index contributed by atoms with van der Waals surface area (Å²) in [6.07, 6.45) is 5.73. The van der Waals surface area contributed by atoms with Gasteiger partial charge >= 0.3 is 0 Å². The normalized spacial score (nSPS) is 14.0. The minimum absolute atomic E-state index is 0.248. The fourth-order valence-electron chi connectivity index (χ4n) is 3.00. The molecule has 1 aliphatic rings. The molecule has 0 atom stereocenters. The third kappa shape index (κ3) is 4.57. The maximum Gasteiger partial charge on any atom is 0.229 e. The summed E-state index contributed by atoms with van der Waals surface area (Å²) in [6.45, 7) is 2.82. The van der Waals surface area contributed by atoms with Gasteiger partial charge in [0, 0.05) is 24.2 Å². The van der Waals surface area contributed by atoms with E-state index in [2.05, 4.69) is 26.9 Å². The van der Waals surface area contributed by atoms with E-state index >= 15 is 0 Å². The Kier molecular flexibility index (Phi) is 5.66. The van der Waals surface area contributed by atoms with Crippen LogP contribution in [-0.2, 0) is 10.0 Å². The van der Waals surface area contributed by atoms with E-state index in [4.69, 9.17) is 21.0 Å². The lowest BCUT2D eigenvalue weighted by Crippen LogP contribution is -2.10. The Labute approximate surface area is 180 Å². The summed E-state index contributed by atoms with van der Waals surface area (Å²) < 4.78 is 31.9. The molecule has 0 unspecified atom stereocenters. The monoisotopic (exact) mass is 447 g/mol. The summed E-state index contributed by atoms with van der Waals surface area (Å²) in [5.74, 6) is 1.91. The van der Waals surface area contributed by atoms with E-state index in [-0.39, 0.29) is 16.6 Å². The van der Waals surface area contributed by atoms with Crippen LogP contribution < -0.4 is 10.0 Å². The molecule has 0 aliphatic heterocycles. The third-order valence-electron chi connectivity index (χ3n) is 4.54. The zero-order chi connectivity index (χ0) is 21.3. The molecule has 0 radical (unpaired) electrons. The fourth-order valence-corrected chi connectivity index (χ4v) is 3.89. The fraction of sp³-hybridized carbons (Fsp3) is 0.350. The Hall–Kier alpha value is -2.65. The van der Waals surface area contributed by atoms with Crippen LogP contribution in [0.3, 0.4) is 0 Å². The van der Waals surface area contributed by atoms with E-state index in [9.17, 15) is 8.42 Å². The van der Waals surface area contributed by atoms with Crippen LogP contribution in [0.4, 0.5) is 11.6 Å². The Bertz CT molecular complexity index is 1170. The number of oxazole rings is 1. The molecule has 2 aromatic heterocycles. The number of hydrogen-bond donors (Lipinski definition) is 2. The SMILES string of the molecule is CCCNc1nccc(-c2oc(C3CC3)nc2-c2cccc(NS(C)(=O)=O)c2Cl)n1. The predicted octanol–water partition coefficient (Wildman–Crippen LogP) is 4.52. The number of halogens is 1. The minimum atomic E-state index is -3.48. The molecule has 2 heterocycles. The molecule has 4 rings (SSSR count). The van der Waals surface area contributed by atoms with Gasteiger partial charge in [-0.25, -0.2) is 23.4 Å². The minimum Gasteiger partial charge on any atom is -0.438 e. The molecule has 158 valence electrons. The summed E-state index contributed by atoms with van der Waals surface area (Å²) in [7, 11) is -3.48. The topological polar surface area (TPSA) is 110 Å². The van der Waals surface area contributed by atoms with Gasteiger partial charge in [-0.15, -0.1) is 0 Å². The molecule has 30 heavy (non-hydrogen) atoms. The van der Waals surface area contributed by atoms with Crippen molar-refractivity contribution in [3.05, 3.63) is 41.4 Å². The Balaban J connectivity index is 1.81. The van der Waals surface area contributed by atoms with Crippen LogP contribution in [0.15, 0.2) is 34.9 Å². The highest BCUT2D eigenvalue weighted by atomic mass is 35.5. The van der Waals surface area contributed by atoms with Crippen molar-refractivity contribution in [2.75, 3.05) is 22.8 Å². The van der Waals surface area contributed by atoms with E-state index < -0.39 is 10.0 Å². The molecule has 8 nitrogen and oxygen atoms in total. The molecule has 1 aliphatic carbocycles. The van der Waals surface area contributed by atoms with E-state index in [1.165, 1.54) is 0 Å². The van der Waals surface area contributed by atoms with Crippen molar-refractivity contribution in [1.29, 1.82) is 0 Å². The molecular weight excluding hydrogens is 426 g/mol. The maximum atomic E-state index is 11.7. The Morgan fingerprint density at radius 3 is 2.73 bits per heavy atom. The van der Waals surface area contributed by atoms with E-state index in [0.717, 1.165) is 32.1 Å². The summed E-state index contributed by atoms with van der Waals surface area (Å²) in [5, 5.41) is 3.41. The van der Waals surface area contributed by atoms with Crippen molar-refractivity contribution < 1.29 is 12.8 Å². The van der Waals surface area contributed by atoms with E-state index in [1.54, 1.807) is 30.5 Å². The quantitative estimate of drug-likeness (QED) is 0.522. The molecule has 1 fully saturated rings. The smallest absolute Gasteiger partial charge is 0.229 e. The number of nitrogens with zero attached hydrogens (tertiary/aromatic N) is 3. The number of sulfonamides is 1. The van der Waals surface area contributed by atoms with Crippen molar-refractivity contribution in [2.24, 2.45) is 0 Å². The van der Waals surface area contributed by atoms with Gasteiger partial charge in [-0.2, -0.15) is 0 Å². The van der Waals surface area contributed by atoms with Crippen molar-refractivity contribution in [2.45, 2.75) is 32.1 Å². The van der Waals surface area contributed by atoms with Gasteiger partial charge in [-0.3, -0.25) is 4.72 Å². The first-order valence-corrected chi connectivity index (χ1v) is 12.0. The van der Waals surface area contributed by atoms with Gasteiger partial charge in [0.1, 0.15) is 11.4 Å². The van der Waals surface area contributed by atoms with Crippen LogP contribution in [0.2, 0.25) is 5.02 Å². The average molecular weight is 448 g/mol. The highest BCUT2D eigenvalue weighted by Gasteiger charge is 2.32. The number of anilines is 2. The van der Waals surface area contributed by atoms with Crippen LogP contribution in [0.5, 0.6) is 0 Å². The van der Waals surface area contributed by atoms with E-state index in [0.29, 0.717) is 34.6 Å². The first-order chi connectivity index (χ1) is 14.4. The average Bonchev–Trinajstić information content (AvgIpc) is 3.46. The number of aromatic nitrogens is 3. The summed E-state index contributed by atoms with van der Waals surface area (Å²) in [4.78, 5) is 13.5. The summed E-state index contributed by atoms with van der Waals surface area (Å²) in [6, 6.07) is 6.86. The van der Waals surface area contributed by atoms with Crippen LogP contribution in [0.1, 0.15) is 38.0 Å². The molecule has 1 saturated carbocycles. The van der Waals surface area contributed by atoms with Crippen molar-refractivity contribution in [1.82, 2.24) is 15.0 Å². The van der Waals surface area contributed by atoms with Gasteiger partial charge in [0.25, 0.3) is 0 Å². The van der Waals surface area contributed by atoms with Crippen LogP contribution in [-0.4, -0.2) is 36.2 Å². The van der Waals surface area contributed by atoms with Gasteiger partial charge in [0.15, 0.2) is 11.7 Å². The lowest BCUT2D eigenvalue weighted by molar-refractivity contribution is 0.508. The number of rotatable bonds is 8. The molecule has 10 heteroatoms. The van der Waals surface area contributed by atoms with Gasteiger partial charge in [-0.05, 0) is 31.4 Å². The van der Waals surface area contributed by atoms with Crippen LogP contribution in [0.25, 0.3) is 22.7 Å². The largest absolute Gasteiger partial charge is 0.438 e. The molecule has 0 amide bonds. The van der Waals surface area contributed by atoms with Crippen LogP contribution in [0, 0.1) is 0 Å². The molecule has 0 saturated heterocycles. The lowest BCUT2D eigenvalue weighted by Gasteiger charge is -2.10. The number of hydrogen-bond acceptors (Lipinski definition) is 7. The second-order valence-corrected chi connectivity index (χ2v) is 9.36. The first kappa shape index (κ1) is 20.6. The number of nitrogens with one attached hydrogen (secondary N) is 2. The standard InChI is InChI=1S/C20H22ClN5O3S/c1-3-10-22-20-23-11-9-15(24-20)18-17(25-19(29-18)12-7-8-12)13-5-4-6-14(16(13)21)26-30(2,27)28/h4-6,9,11-12,26H,3,7-8,10H2,1-2H3,(H,22,23,24). The van der Waals surface area contributed by atoms with Gasteiger partial charge < -0.3 is 9.73 Å². The molecule has 0 spiro atoms. The molecule has 3 aromatic rings. The highest BCUT2D eigenvalue weighted by molar-refractivity contribution is 7.92. The second kappa shape index (κ2) is 8.23. The zero-order valence-corrected chi connectivity index (χ0v) is 18.2. The second-order valence-electron chi connectivity index (χ2n) is 7.24. The molecule has 2 N–H and O–H groups in total. The lowest BCUT2D eigenvalue weighted by atomic mass is 10.1. The summed E-state index contributed by atoms with van der Waals surface area (Å²) in [5.41, 5.74) is 1.96. The van der Waals surface area contributed by atoms with E-state index in [1.807, 2.05) is 0 Å². The first-order valence-electron chi connectivity index (χ1n) is 9.70. The summed E-state index contributed by atoms with van der Waals surface area (Å²) >= 11 is 6.56. The Morgan fingerprint density at radius 2 is 2.03 bits per heavy atom. The van der Waals surface area contributed by atoms with Crippen molar-refractivity contribution in [3.63, 3.8) is 0 Å². The zero-order valence-electron chi connectivity index (χ0n) is 16.6. The molecular formula is C20H22ClN5O3S. The molecule has 1 aromatic carbocycles. The number of benzene rings is 1. The molecule has 0 bridgehead atoms. The van der Waals surface area contributed by atoms with Crippen LogP contribution >= 0.6 is 11.6 Å². The predicted molar refractivity (Wildman–Crippen MR) is 117 cm³/mol. The highest BCUT2D eigenvalue weighted by Crippen LogP contribution is 2.45. The third-order valence-corrected chi connectivity index (χ3v) is 5.54. The van der Waals surface area contributed by atoms with Crippen molar-refractivity contribution >= 4 is 33.3 Å². The van der Waals surface area contributed by atoms with Gasteiger partial charge in [0.2, 0.25) is 16.0 Å². The van der Waals surface area contributed by atoms with Gasteiger partial charge in [-0.1, -0.05) is 30.7 Å². The van der Waals surface area contributed by atoms with Gasteiger partial charge in [0.05, 0.1) is 17.0 Å².